The summed E-state index contributed by atoms with van der Waals surface area (Å²) in [6, 6.07) is 4.17. The number of hydrogen-bond donors (Lipinski definition) is 2. The van der Waals surface area contributed by atoms with Gasteiger partial charge in [-0.25, -0.2) is 9.18 Å². The number of aryl methyl sites for hydroxylation is 1. The van der Waals surface area contributed by atoms with Crippen molar-refractivity contribution in [3.05, 3.63) is 35.1 Å². The first kappa shape index (κ1) is 14.3. The number of halogens is 1. The van der Waals surface area contributed by atoms with Crippen LogP contribution in [0.25, 0.3) is 0 Å². The summed E-state index contributed by atoms with van der Waals surface area (Å²) in [6.07, 6.45) is -0.790. The quantitative estimate of drug-likeness (QED) is 0.872. The molecule has 1 aromatic rings. The maximum absolute atomic E-state index is 13.2. The Labute approximate surface area is 115 Å². The Bertz CT molecular complexity index is 546. The van der Waals surface area contributed by atoms with Crippen LogP contribution in [0.15, 0.2) is 18.2 Å². The largest absolute Gasteiger partial charge is 0.481 e. The lowest BCUT2D eigenvalue weighted by Crippen LogP contribution is -2.44. The second kappa shape index (κ2) is 5.48. The van der Waals surface area contributed by atoms with Gasteiger partial charge >= 0.3 is 12.1 Å². The van der Waals surface area contributed by atoms with Gasteiger partial charge in [-0.2, -0.15) is 0 Å². The van der Waals surface area contributed by atoms with Crippen LogP contribution < -0.4 is 0 Å². The molecular weight excluding hydrogens is 265 g/mol. The zero-order valence-electron chi connectivity index (χ0n) is 11.0. The lowest BCUT2D eigenvalue weighted by molar-refractivity contribution is -0.144. The van der Waals surface area contributed by atoms with E-state index in [4.69, 9.17) is 5.11 Å². The van der Waals surface area contributed by atoms with E-state index < -0.39 is 23.9 Å². The van der Waals surface area contributed by atoms with E-state index in [-0.39, 0.29) is 25.3 Å². The SMILES string of the molecule is Cc1cc(F)ccc1C1CN(C(=O)O)CCC1C(=O)O. The molecule has 1 aromatic carbocycles. The number of amides is 1. The van der Waals surface area contributed by atoms with Crippen LogP contribution in [0, 0.1) is 18.7 Å². The smallest absolute Gasteiger partial charge is 0.407 e. The van der Waals surface area contributed by atoms with Crippen LogP contribution in [0.4, 0.5) is 9.18 Å². The Kier molecular flexibility index (Phi) is 3.92. The number of likely N-dealkylation sites (tertiary alicyclic amines) is 1. The standard InChI is InChI=1S/C14H16FNO4/c1-8-6-9(15)2-3-10(8)12-7-16(14(19)20)5-4-11(12)13(17)18/h2-3,6,11-12H,4-5,7H2,1H3,(H,17,18)(H,19,20). The van der Waals surface area contributed by atoms with E-state index in [2.05, 4.69) is 0 Å². The summed E-state index contributed by atoms with van der Waals surface area (Å²) in [5.41, 5.74) is 1.35. The Morgan fingerprint density at radius 2 is 2.05 bits per heavy atom. The van der Waals surface area contributed by atoms with Gasteiger partial charge in [-0.15, -0.1) is 0 Å². The minimum atomic E-state index is -1.06. The molecule has 108 valence electrons. The van der Waals surface area contributed by atoms with Crippen LogP contribution in [-0.2, 0) is 4.79 Å². The van der Waals surface area contributed by atoms with Crippen LogP contribution in [0.3, 0.4) is 0 Å². The highest BCUT2D eigenvalue weighted by molar-refractivity contribution is 5.73. The fourth-order valence-electron chi connectivity index (χ4n) is 2.79. The van der Waals surface area contributed by atoms with Gasteiger partial charge in [-0.1, -0.05) is 6.07 Å². The molecule has 0 aliphatic carbocycles. The molecular formula is C14H16FNO4. The maximum atomic E-state index is 13.2. The topological polar surface area (TPSA) is 77.8 Å². The van der Waals surface area contributed by atoms with E-state index in [0.29, 0.717) is 11.1 Å². The molecule has 2 N–H and O–H groups in total. The van der Waals surface area contributed by atoms with Gasteiger partial charge in [0, 0.05) is 19.0 Å². The number of rotatable bonds is 2. The third-order valence-corrected chi connectivity index (χ3v) is 3.83. The van der Waals surface area contributed by atoms with Crippen molar-refractivity contribution < 1.29 is 24.2 Å². The molecule has 0 spiro atoms. The molecule has 1 heterocycles. The third-order valence-electron chi connectivity index (χ3n) is 3.83. The van der Waals surface area contributed by atoms with Crippen LogP contribution >= 0.6 is 0 Å². The summed E-state index contributed by atoms with van der Waals surface area (Å²) in [7, 11) is 0. The van der Waals surface area contributed by atoms with Crippen LogP contribution in [0.2, 0.25) is 0 Å². The van der Waals surface area contributed by atoms with Gasteiger partial charge in [0.25, 0.3) is 0 Å². The molecule has 1 amide bonds. The Hall–Kier alpha value is -2.11. The van der Waals surface area contributed by atoms with Crippen molar-refractivity contribution in [1.29, 1.82) is 0 Å². The molecule has 0 saturated carbocycles. The average molecular weight is 281 g/mol. The number of carbonyl (C=O) groups is 2. The van der Waals surface area contributed by atoms with Gasteiger partial charge in [0.05, 0.1) is 5.92 Å². The summed E-state index contributed by atoms with van der Waals surface area (Å²) < 4.78 is 13.2. The van der Waals surface area contributed by atoms with E-state index >= 15 is 0 Å². The summed E-state index contributed by atoms with van der Waals surface area (Å²) in [5, 5.41) is 18.4. The summed E-state index contributed by atoms with van der Waals surface area (Å²) in [6.45, 7) is 2.04. The molecule has 1 fully saturated rings. The maximum Gasteiger partial charge on any atom is 0.407 e. The fraction of sp³-hybridized carbons (Fsp3) is 0.429. The monoisotopic (exact) mass is 281 g/mol. The van der Waals surface area contributed by atoms with Crippen molar-refractivity contribution in [2.24, 2.45) is 5.92 Å². The first-order valence-electron chi connectivity index (χ1n) is 6.37. The number of piperidine rings is 1. The molecule has 2 atom stereocenters. The molecule has 0 radical (unpaired) electrons. The zero-order valence-corrected chi connectivity index (χ0v) is 11.0. The van der Waals surface area contributed by atoms with Gasteiger partial charge in [0.2, 0.25) is 0 Å². The first-order chi connectivity index (χ1) is 9.40. The van der Waals surface area contributed by atoms with Gasteiger partial charge in [0.1, 0.15) is 5.82 Å². The minimum absolute atomic E-state index is 0.124. The van der Waals surface area contributed by atoms with Gasteiger partial charge < -0.3 is 15.1 Å². The second-order valence-corrected chi connectivity index (χ2v) is 5.07. The highest BCUT2D eigenvalue weighted by Crippen LogP contribution is 2.34. The molecule has 0 aromatic heterocycles. The lowest BCUT2D eigenvalue weighted by atomic mass is 9.79. The predicted octanol–water partition coefficient (Wildman–Crippen LogP) is 2.30. The van der Waals surface area contributed by atoms with Gasteiger partial charge in [-0.05, 0) is 36.6 Å². The summed E-state index contributed by atoms with van der Waals surface area (Å²) in [5.74, 6) is -2.42. The lowest BCUT2D eigenvalue weighted by Gasteiger charge is -2.36. The number of aliphatic carboxylic acids is 1. The van der Waals surface area contributed by atoms with Crippen molar-refractivity contribution in [2.75, 3.05) is 13.1 Å². The van der Waals surface area contributed by atoms with Crippen molar-refractivity contribution in [3.63, 3.8) is 0 Å². The number of carboxylic acids is 1. The molecule has 2 unspecified atom stereocenters. The van der Waals surface area contributed by atoms with E-state index in [1.165, 1.54) is 17.0 Å². The Balaban J connectivity index is 2.36. The minimum Gasteiger partial charge on any atom is -0.481 e. The van der Waals surface area contributed by atoms with Crippen LogP contribution in [-0.4, -0.2) is 40.3 Å². The van der Waals surface area contributed by atoms with Gasteiger partial charge in [-0.3, -0.25) is 4.79 Å². The van der Waals surface area contributed by atoms with E-state index in [1.807, 2.05) is 0 Å². The third kappa shape index (κ3) is 2.74. The Morgan fingerprint density at radius 1 is 1.35 bits per heavy atom. The Morgan fingerprint density at radius 3 is 2.60 bits per heavy atom. The number of hydrogen-bond acceptors (Lipinski definition) is 2. The normalized spacial score (nSPS) is 22.6. The highest BCUT2D eigenvalue weighted by atomic mass is 19.1. The van der Waals surface area contributed by atoms with E-state index in [1.54, 1.807) is 13.0 Å². The molecule has 1 saturated heterocycles. The van der Waals surface area contributed by atoms with Crippen molar-refractivity contribution in [1.82, 2.24) is 4.90 Å². The van der Waals surface area contributed by atoms with Crippen molar-refractivity contribution in [2.45, 2.75) is 19.3 Å². The van der Waals surface area contributed by atoms with Gasteiger partial charge in [0.15, 0.2) is 0 Å². The molecule has 2 rings (SSSR count). The first-order valence-corrected chi connectivity index (χ1v) is 6.37. The molecule has 6 heteroatoms. The number of carboxylic acid groups (broad SMARTS) is 2. The predicted molar refractivity (Wildman–Crippen MR) is 69.2 cm³/mol. The van der Waals surface area contributed by atoms with E-state index in [0.717, 1.165) is 0 Å². The number of nitrogens with zero attached hydrogens (tertiary/aromatic N) is 1. The molecule has 0 bridgehead atoms. The summed E-state index contributed by atoms with van der Waals surface area (Å²) >= 11 is 0. The van der Waals surface area contributed by atoms with Crippen molar-refractivity contribution >= 4 is 12.1 Å². The van der Waals surface area contributed by atoms with Crippen LogP contribution in [0.5, 0.6) is 0 Å². The summed E-state index contributed by atoms with van der Waals surface area (Å²) in [4.78, 5) is 23.6. The van der Waals surface area contributed by atoms with Crippen molar-refractivity contribution in [3.8, 4) is 0 Å². The molecule has 20 heavy (non-hydrogen) atoms. The molecule has 1 aliphatic heterocycles. The fourth-order valence-corrected chi connectivity index (χ4v) is 2.79. The second-order valence-electron chi connectivity index (χ2n) is 5.07. The van der Waals surface area contributed by atoms with Crippen LogP contribution in [0.1, 0.15) is 23.5 Å². The molecule has 5 nitrogen and oxygen atoms in total. The highest BCUT2D eigenvalue weighted by Gasteiger charge is 2.37. The molecule has 1 aliphatic rings. The average Bonchev–Trinajstić information content (AvgIpc) is 2.37. The zero-order chi connectivity index (χ0) is 14.9. The number of benzene rings is 1. The van der Waals surface area contributed by atoms with E-state index in [9.17, 15) is 19.1 Å².